The van der Waals surface area contributed by atoms with Crippen molar-refractivity contribution in [1.82, 2.24) is 9.55 Å². The number of carbonyl (C=O) groups excluding carboxylic acids is 1. The van der Waals surface area contributed by atoms with Crippen LogP contribution in [0.3, 0.4) is 0 Å². The maximum absolute atomic E-state index is 11.7. The fraction of sp³-hybridized carbons (Fsp3) is 0.364. The van der Waals surface area contributed by atoms with Crippen molar-refractivity contribution in [1.29, 1.82) is 0 Å². The Bertz CT molecular complexity index is 938. The van der Waals surface area contributed by atoms with Crippen LogP contribution in [-0.2, 0) is 6.54 Å². The monoisotopic (exact) mass is 402 g/mol. The summed E-state index contributed by atoms with van der Waals surface area (Å²) in [4.78, 5) is 16.5. The zero-order valence-corrected chi connectivity index (χ0v) is 17.3. The number of aromatic nitrogens is 2. The molecule has 2 aromatic carbocycles. The molecule has 2 atom stereocenters. The summed E-state index contributed by atoms with van der Waals surface area (Å²) in [6.45, 7) is 6.28. The molecule has 1 N–H and O–H groups in total. The van der Waals surface area contributed by atoms with E-state index < -0.39 is 6.10 Å². The Labute approximate surface area is 171 Å². The number of aliphatic hydroxyl groups excluding tert-OH is 1. The normalized spacial score (nSPS) is 13.0. The highest BCUT2D eigenvalue weighted by atomic mass is 35.5. The lowest BCUT2D eigenvalue weighted by Crippen LogP contribution is -2.25. The second kappa shape index (κ2) is 9.71. The Morgan fingerprint density at radius 1 is 1.18 bits per heavy atom. The van der Waals surface area contributed by atoms with Crippen LogP contribution in [0.4, 0.5) is 0 Å². The van der Waals surface area contributed by atoms with E-state index in [2.05, 4.69) is 18.4 Å². The lowest BCUT2D eigenvalue weighted by molar-refractivity contribution is 0.0896. The number of fused-ring (bicyclic) bond motifs is 1. The topological polar surface area (TPSA) is 64.3 Å². The number of ether oxygens (including phenoxy) is 1. The van der Waals surface area contributed by atoms with Crippen LogP contribution in [-0.4, -0.2) is 33.2 Å². The van der Waals surface area contributed by atoms with Gasteiger partial charge in [0.2, 0.25) is 0 Å². The SMILES string of the molecule is CCC(C)c1nc2ccccc2n1CC(O)COc1ccccc1C(C)=O.Cl. The molecule has 0 bridgehead atoms. The summed E-state index contributed by atoms with van der Waals surface area (Å²) in [7, 11) is 0. The first-order chi connectivity index (χ1) is 13.0. The summed E-state index contributed by atoms with van der Waals surface area (Å²) >= 11 is 0. The number of hydrogen-bond acceptors (Lipinski definition) is 4. The molecular formula is C22H27ClN2O3. The van der Waals surface area contributed by atoms with Crippen LogP contribution in [0.1, 0.15) is 49.3 Å². The van der Waals surface area contributed by atoms with Gasteiger partial charge in [-0.05, 0) is 37.6 Å². The predicted octanol–water partition coefficient (Wildman–Crippen LogP) is 4.61. The number of rotatable bonds is 8. The maximum Gasteiger partial charge on any atom is 0.163 e. The minimum Gasteiger partial charge on any atom is -0.490 e. The summed E-state index contributed by atoms with van der Waals surface area (Å²) in [5.41, 5.74) is 2.47. The van der Waals surface area contributed by atoms with Gasteiger partial charge >= 0.3 is 0 Å². The standard InChI is InChI=1S/C22H26N2O3.ClH/c1-4-15(2)22-23-19-10-6-7-11-20(19)24(22)13-17(26)14-27-21-12-8-5-9-18(21)16(3)25;/h5-12,15,17,26H,4,13-14H2,1-3H3;1H. The van der Waals surface area contributed by atoms with Gasteiger partial charge in [-0.15, -0.1) is 12.4 Å². The van der Waals surface area contributed by atoms with E-state index >= 15 is 0 Å². The first kappa shape index (κ1) is 21.9. The van der Waals surface area contributed by atoms with Gasteiger partial charge in [-0.1, -0.05) is 38.1 Å². The molecule has 0 radical (unpaired) electrons. The van der Waals surface area contributed by atoms with Crippen LogP contribution in [0.25, 0.3) is 11.0 Å². The summed E-state index contributed by atoms with van der Waals surface area (Å²) in [6, 6.07) is 15.1. The number of ketones is 1. The molecule has 0 aliphatic heterocycles. The van der Waals surface area contributed by atoms with Crippen LogP contribution in [0.5, 0.6) is 5.75 Å². The number of aliphatic hydroxyl groups is 1. The van der Waals surface area contributed by atoms with Crippen LogP contribution in [0.15, 0.2) is 48.5 Å². The van der Waals surface area contributed by atoms with Gasteiger partial charge in [0.15, 0.2) is 5.78 Å². The van der Waals surface area contributed by atoms with Crippen LogP contribution in [0, 0.1) is 0 Å². The average molecular weight is 403 g/mol. The highest BCUT2D eigenvalue weighted by Crippen LogP contribution is 2.25. The number of Topliss-reactive ketones (excluding diaryl/α,β-unsaturated/α-hetero) is 1. The molecule has 0 aliphatic carbocycles. The van der Waals surface area contributed by atoms with E-state index in [-0.39, 0.29) is 24.8 Å². The molecule has 5 nitrogen and oxygen atoms in total. The number of hydrogen-bond donors (Lipinski definition) is 1. The maximum atomic E-state index is 11.7. The minimum atomic E-state index is -0.717. The van der Waals surface area contributed by atoms with E-state index in [4.69, 9.17) is 9.72 Å². The molecule has 1 heterocycles. The van der Waals surface area contributed by atoms with Crippen LogP contribution < -0.4 is 4.74 Å². The molecule has 3 aromatic rings. The third kappa shape index (κ3) is 4.72. The molecule has 0 aliphatic rings. The molecule has 0 saturated carbocycles. The first-order valence-electron chi connectivity index (χ1n) is 9.37. The van der Waals surface area contributed by atoms with E-state index in [0.717, 1.165) is 23.3 Å². The van der Waals surface area contributed by atoms with E-state index in [1.165, 1.54) is 6.92 Å². The molecule has 2 unspecified atom stereocenters. The van der Waals surface area contributed by atoms with Crippen LogP contribution >= 0.6 is 12.4 Å². The molecule has 1 aromatic heterocycles. The lowest BCUT2D eigenvalue weighted by Gasteiger charge is -2.18. The third-order valence-corrected chi connectivity index (χ3v) is 4.83. The van der Waals surface area contributed by atoms with Crippen molar-refractivity contribution in [2.24, 2.45) is 0 Å². The summed E-state index contributed by atoms with van der Waals surface area (Å²) in [5.74, 6) is 1.72. The van der Waals surface area contributed by atoms with E-state index in [1.54, 1.807) is 18.2 Å². The Kier molecular flexibility index (Phi) is 7.61. The van der Waals surface area contributed by atoms with Gasteiger partial charge in [0.25, 0.3) is 0 Å². The highest BCUT2D eigenvalue weighted by molar-refractivity contribution is 5.96. The molecule has 0 fully saturated rings. The van der Waals surface area contributed by atoms with Gasteiger partial charge in [-0.2, -0.15) is 0 Å². The average Bonchev–Trinajstić information content (AvgIpc) is 3.04. The molecular weight excluding hydrogens is 376 g/mol. The summed E-state index contributed by atoms with van der Waals surface area (Å²) in [5, 5.41) is 10.6. The van der Waals surface area contributed by atoms with Gasteiger partial charge in [0.05, 0.1) is 23.1 Å². The van der Waals surface area contributed by atoms with Crippen molar-refractivity contribution in [3.05, 3.63) is 59.9 Å². The highest BCUT2D eigenvalue weighted by Gasteiger charge is 2.18. The number of nitrogens with zero attached hydrogens (tertiary/aromatic N) is 2. The van der Waals surface area contributed by atoms with E-state index in [9.17, 15) is 9.90 Å². The van der Waals surface area contributed by atoms with Gasteiger partial charge in [-0.3, -0.25) is 4.79 Å². The number of imidazole rings is 1. The molecule has 0 saturated heterocycles. The zero-order valence-electron chi connectivity index (χ0n) is 16.5. The second-order valence-corrected chi connectivity index (χ2v) is 6.90. The van der Waals surface area contributed by atoms with Crippen molar-refractivity contribution in [3.63, 3.8) is 0 Å². The van der Waals surface area contributed by atoms with Gasteiger partial charge in [0.1, 0.15) is 24.3 Å². The van der Waals surface area contributed by atoms with Crippen LogP contribution in [0.2, 0.25) is 0 Å². The first-order valence-corrected chi connectivity index (χ1v) is 9.37. The fourth-order valence-electron chi connectivity index (χ4n) is 3.18. The zero-order chi connectivity index (χ0) is 19.4. The predicted molar refractivity (Wildman–Crippen MR) is 114 cm³/mol. The molecule has 6 heteroatoms. The number of benzene rings is 2. The Hall–Kier alpha value is -2.37. The summed E-state index contributed by atoms with van der Waals surface area (Å²) < 4.78 is 7.82. The minimum absolute atomic E-state index is 0. The Balaban J connectivity index is 0.00000280. The number of para-hydroxylation sites is 3. The van der Waals surface area contributed by atoms with Crippen molar-refractivity contribution < 1.29 is 14.6 Å². The molecule has 150 valence electrons. The number of halogens is 1. The van der Waals surface area contributed by atoms with Crippen molar-refractivity contribution in [2.45, 2.75) is 45.8 Å². The fourth-order valence-corrected chi connectivity index (χ4v) is 3.18. The Morgan fingerprint density at radius 3 is 2.57 bits per heavy atom. The molecule has 3 rings (SSSR count). The lowest BCUT2D eigenvalue weighted by atomic mass is 10.1. The van der Waals surface area contributed by atoms with Crippen molar-refractivity contribution in [3.8, 4) is 5.75 Å². The van der Waals surface area contributed by atoms with Gasteiger partial charge in [0, 0.05) is 5.92 Å². The number of carbonyl (C=O) groups is 1. The van der Waals surface area contributed by atoms with Crippen molar-refractivity contribution >= 4 is 29.2 Å². The smallest absolute Gasteiger partial charge is 0.163 e. The molecule has 28 heavy (non-hydrogen) atoms. The third-order valence-electron chi connectivity index (χ3n) is 4.83. The van der Waals surface area contributed by atoms with Gasteiger partial charge in [-0.25, -0.2) is 4.98 Å². The molecule has 0 amide bonds. The van der Waals surface area contributed by atoms with E-state index in [1.807, 2.05) is 30.3 Å². The van der Waals surface area contributed by atoms with Gasteiger partial charge < -0.3 is 14.4 Å². The molecule has 0 spiro atoms. The quantitative estimate of drug-likeness (QED) is 0.558. The largest absolute Gasteiger partial charge is 0.490 e. The second-order valence-electron chi connectivity index (χ2n) is 6.90. The Morgan fingerprint density at radius 2 is 1.86 bits per heavy atom. The van der Waals surface area contributed by atoms with Crippen molar-refractivity contribution in [2.75, 3.05) is 6.61 Å². The van der Waals surface area contributed by atoms with E-state index in [0.29, 0.717) is 23.8 Å². The summed E-state index contributed by atoms with van der Waals surface area (Å²) in [6.07, 6.45) is 0.257.